The van der Waals surface area contributed by atoms with Crippen LogP contribution in [0.15, 0.2) is 18.2 Å². The monoisotopic (exact) mass is 298 g/mol. The fraction of sp³-hybridized carbons (Fsp3) is 0.533. The number of hydrogen-bond acceptors (Lipinski definition) is 4. The highest BCUT2D eigenvalue weighted by Crippen LogP contribution is 2.10. The fourth-order valence-corrected chi connectivity index (χ4v) is 1.78. The molecule has 0 aromatic heterocycles. The Bertz CT molecular complexity index is 441. The van der Waals surface area contributed by atoms with Gasteiger partial charge in [0.15, 0.2) is 0 Å². The highest BCUT2D eigenvalue weighted by Gasteiger charge is 2.06. The molecular weight excluding hydrogens is 275 g/mol. The number of rotatable bonds is 11. The maximum absolute atomic E-state index is 13.6. The Kier molecular flexibility index (Phi) is 8.57. The SMILES string of the molecule is COCCOCCCCNCc1cc(C(N)=O)ccc1F. The summed E-state index contributed by atoms with van der Waals surface area (Å²) < 4.78 is 23.8. The average molecular weight is 298 g/mol. The van der Waals surface area contributed by atoms with Crippen LogP contribution in [0.5, 0.6) is 0 Å². The lowest BCUT2D eigenvalue weighted by Crippen LogP contribution is -2.18. The van der Waals surface area contributed by atoms with E-state index in [1.54, 1.807) is 7.11 Å². The van der Waals surface area contributed by atoms with Gasteiger partial charge in [-0.1, -0.05) is 0 Å². The Balaban J connectivity index is 2.18. The summed E-state index contributed by atoms with van der Waals surface area (Å²) in [7, 11) is 1.64. The van der Waals surface area contributed by atoms with Crippen molar-refractivity contribution < 1.29 is 18.7 Å². The minimum Gasteiger partial charge on any atom is -0.382 e. The summed E-state index contributed by atoms with van der Waals surface area (Å²) in [5.41, 5.74) is 5.94. The van der Waals surface area contributed by atoms with Crippen LogP contribution in [0.2, 0.25) is 0 Å². The summed E-state index contributed by atoms with van der Waals surface area (Å²) in [6, 6.07) is 4.14. The van der Waals surface area contributed by atoms with Gasteiger partial charge in [-0.25, -0.2) is 4.39 Å². The molecule has 5 nitrogen and oxygen atoms in total. The van der Waals surface area contributed by atoms with E-state index >= 15 is 0 Å². The molecule has 0 fully saturated rings. The van der Waals surface area contributed by atoms with Crippen LogP contribution in [-0.4, -0.2) is 39.4 Å². The smallest absolute Gasteiger partial charge is 0.248 e. The van der Waals surface area contributed by atoms with Gasteiger partial charge in [0.2, 0.25) is 5.91 Å². The van der Waals surface area contributed by atoms with Crippen LogP contribution >= 0.6 is 0 Å². The van der Waals surface area contributed by atoms with Crippen molar-refractivity contribution in [2.75, 3.05) is 33.5 Å². The molecule has 0 aliphatic rings. The molecule has 0 saturated heterocycles. The van der Waals surface area contributed by atoms with Crippen LogP contribution in [0.1, 0.15) is 28.8 Å². The van der Waals surface area contributed by atoms with Gasteiger partial charge in [0.05, 0.1) is 13.2 Å². The summed E-state index contributed by atoms with van der Waals surface area (Å²) >= 11 is 0. The van der Waals surface area contributed by atoms with Gasteiger partial charge in [0.1, 0.15) is 5.82 Å². The number of hydrogen-bond donors (Lipinski definition) is 2. The first kappa shape index (κ1) is 17.6. The molecule has 0 aliphatic heterocycles. The summed E-state index contributed by atoms with van der Waals surface area (Å²) in [5.74, 6) is -0.889. The summed E-state index contributed by atoms with van der Waals surface area (Å²) in [5, 5.41) is 3.14. The molecule has 0 unspecified atom stereocenters. The molecule has 0 bridgehead atoms. The van der Waals surface area contributed by atoms with Crippen molar-refractivity contribution in [3.05, 3.63) is 35.1 Å². The van der Waals surface area contributed by atoms with E-state index in [0.29, 0.717) is 37.5 Å². The van der Waals surface area contributed by atoms with Crippen LogP contribution in [0.4, 0.5) is 4.39 Å². The van der Waals surface area contributed by atoms with Gasteiger partial charge >= 0.3 is 0 Å². The van der Waals surface area contributed by atoms with Gasteiger partial charge in [-0.3, -0.25) is 4.79 Å². The number of primary amides is 1. The van der Waals surface area contributed by atoms with Gasteiger partial charge in [0.25, 0.3) is 0 Å². The lowest BCUT2D eigenvalue weighted by molar-refractivity contribution is 0.0688. The van der Waals surface area contributed by atoms with E-state index in [1.807, 2.05) is 0 Å². The molecule has 118 valence electrons. The standard InChI is InChI=1S/C15H23FN2O3/c1-20-8-9-21-7-3-2-6-18-11-13-10-12(15(17)19)4-5-14(13)16/h4-5,10,18H,2-3,6-9,11H2,1H3,(H2,17,19). The van der Waals surface area contributed by atoms with Gasteiger partial charge < -0.3 is 20.5 Å². The Hall–Kier alpha value is -1.50. The molecular formula is C15H23FN2O3. The topological polar surface area (TPSA) is 73.6 Å². The predicted octanol–water partition coefficient (Wildman–Crippen LogP) is 1.46. The van der Waals surface area contributed by atoms with Crippen molar-refractivity contribution in [3.63, 3.8) is 0 Å². The molecule has 0 spiro atoms. The maximum Gasteiger partial charge on any atom is 0.248 e. The molecule has 6 heteroatoms. The molecule has 1 amide bonds. The number of benzene rings is 1. The van der Waals surface area contributed by atoms with Crippen molar-refractivity contribution in [2.24, 2.45) is 5.73 Å². The summed E-state index contributed by atoms with van der Waals surface area (Å²) in [6.45, 7) is 3.03. The first-order valence-corrected chi connectivity index (χ1v) is 7.00. The largest absolute Gasteiger partial charge is 0.382 e. The Morgan fingerprint density at radius 1 is 1.29 bits per heavy atom. The van der Waals surface area contributed by atoms with Crippen LogP contribution in [0, 0.1) is 5.82 Å². The summed E-state index contributed by atoms with van der Waals surface area (Å²) in [4.78, 5) is 11.0. The van der Waals surface area contributed by atoms with Gasteiger partial charge in [-0.2, -0.15) is 0 Å². The number of amides is 1. The molecule has 0 heterocycles. The predicted molar refractivity (Wildman–Crippen MR) is 78.6 cm³/mol. The number of unbranched alkanes of at least 4 members (excludes halogenated alkanes) is 1. The lowest BCUT2D eigenvalue weighted by Gasteiger charge is -2.08. The quantitative estimate of drug-likeness (QED) is 0.607. The number of halogens is 1. The fourth-order valence-electron chi connectivity index (χ4n) is 1.78. The third-order valence-electron chi connectivity index (χ3n) is 2.97. The lowest BCUT2D eigenvalue weighted by atomic mass is 10.1. The molecule has 1 rings (SSSR count). The maximum atomic E-state index is 13.6. The second-order valence-corrected chi connectivity index (χ2v) is 4.66. The minimum atomic E-state index is -0.551. The molecule has 0 atom stereocenters. The third kappa shape index (κ3) is 7.17. The minimum absolute atomic E-state index is 0.319. The van der Waals surface area contributed by atoms with Crippen LogP contribution in [0.3, 0.4) is 0 Å². The Morgan fingerprint density at radius 3 is 2.81 bits per heavy atom. The average Bonchev–Trinajstić information content (AvgIpc) is 2.47. The third-order valence-corrected chi connectivity index (χ3v) is 2.97. The van der Waals surface area contributed by atoms with Crippen LogP contribution in [-0.2, 0) is 16.0 Å². The molecule has 1 aromatic carbocycles. The van der Waals surface area contributed by atoms with Crippen molar-refractivity contribution in [1.82, 2.24) is 5.32 Å². The van der Waals surface area contributed by atoms with Crippen LogP contribution < -0.4 is 11.1 Å². The zero-order chi connectivity index (χ0) is 15.5. The highest BCUT2D eigenvalue weighted by atomic mass is 19.1. The second kappa shape index (κ2) is 10.3. The number of nitrogens with one attached hydrogen (secondary N) is 1. The van der Waals surface area contributed by atoms with Crippen molar-refractivity contribution in [2.45, 2.75) is 19.4 Å². The van der Waals surface area contributed by atoms with E-state index in [0.717, 1.165) is 19.4 Å². The van der Waals surface area contributed by atoms with Crippen molar-refractivity contribution in [1.29, 1.82) is 0 Å². The zero-order valence-electron chi connectivity index (χ0n) is 12.4. The van der Waals surface area contributed by atoms with E-state index in [1.165, 1.54) is 18.2 Å². The first-order chi connectivity index (χ1) is 10.1. The molecule has 3 N–H and O–H groups in total. The molecule has 21 heavy (non-hydrogen) atoms. The summed E-state index contributed by atoms with van der Waals surface area (Å²) in [6.07, 6.45) is 1.87. The zero-order valence-corrected chi connectivity index (χ0v) is 12.4. The molecule has 0 aliphatic carbocycles. The number of nitrogens with two attached hydrogens (primary N) is 1. The van der Waals surface area contributed by atoms with Gasteiger partial charge in [-0.05, 0) is 37.6 Å². The van der Waals surface area contributed by atoms with E-state index in [9.17, 15) is 9.18 Å². The molecule has 0 radical (unpaired) electrons. The molecule has 1 aromatic rings. The van der Waals surface area contributed by atoms with E-state index in [4.69, 9.17) is 15.2 Å². The van der Waals surface area contributed by atoms with Gasteiger partial charge in [-0.15, -0.1) is 0 Å². The Morgan fingerprint density at radius 2 is 2.10 bits per heavy atom. The second-order valence-electron chi connectivity index (χ2n) is 4.66. The number of carbonyl (C=O) groups excluding carboxylic acids is 1. The first-order valence-electron chi connectivity index (χ1n) is 7.00. The van der Waals surface area contributed by atoms with E-state index in [2.05, 4.69) is 5.32 Å². The highest BCUT2D eigenvalue weighted by molar-refractivity contribution is 5.92. The van der Waals surface area contributed by atoms with E-state index in [-0.39, 0.29) is 5.82 Å². The van der Waals surface area contributed by atoms with Crippen molar-refractivity contribution >= 4 is 5.91 Å². The number of methoxy groups -OCH3 is 1. The Labute approximate surface area is 124 Å². The molecule has 0 saturated carbocycles. The van der Waals surface area contributed by atoms with Crippen molar-refractivity contribution in [3.8, 4) is 0 Å². The normalized spacial score (nSPS) is 10.8. The number of carbonyl (C=O) groups is 1. The van der Waals surface area contributed by atoms with Gasteiger partial charge in [0, 0.05) is 31.4 Å². The van der Waals surface area contributed by atoms with Crippen LogP contribution in [0.25, 0.3) is 0 Å². The number of ether oxygens (including phenoxy) is 2. The van der Waals surface area contributed by atoms with E-state index < -0.39 is 5.91 Å².